The van der Waals surface area contributed by atoms with Gasteiger partial charge in [-0.05, 0) is 40.5 Å². The molecule has 0 aliphatic carbocycles. The molecule has 0 bridgehead atoms. The van der Waals surface area contributed by atoms with Gasteiger partial charge in [0.25, 0.3) is 0 Å². The first-order chi connectivity index (χ1) is 7.72. The summed E-state index contributed by atoms with van der Waals surface area (Å²) in [6, 6.07) is 3.82. The molecule has 0 spiro atoms. The molecule has 2 N–H and O–H groups in total. The van der Waals surface area contributed by atoms with Crippen LogP contribution in [0.1, 0.15) is 12.5 Å². The highest BCUT2D eigenvalue weighted by molar-refractivity contribution is 9.10. The first-order valence-corrected chi connectivity index (χ1v) is 5.82. The molecule has 0 heterocycles. The lowest BCUT2D eigenvalue weighted by atomic mass is 10.2. The van der Waals surface area contributed by atoms with E-state index in [4.69, 9.17) is 15.2 Å². The SMILES string of the molecule is C/C=C/COc1c(Br)cc(CN)cc1OC. The van der Waals surface area contributed by atoms with Crippen molar-refractivity contribution in [1.29, 1.82) is 0 Å². The monoisotopic (exact) mass is 285 g/mol. The third-order valence-electron chi connectivity index (χ3n) is 2.08. The third-order valence-corrected chi connectivity index (χ3v) is 2.67. The lowest BCUT2D eigenvalue weighted by Gasteiger charge is -2.12. The Labute approximate surface area is 104 Å². The predicted molar refractivity (Wildman–Crippen MR) is 68.9 cm³/mol. The van der Waals surface area contributed by atoms with E-state index in [1.165, 1.54) is 0 Å². The number of methoxy groups -OCH3 is 1. The van der Waals surface area contributed by atoms with Crippen LogP contribution in [0.15, 0.2) is 28.8 Å². The summed E-state index contributed by atoms with van der Waals surface area (Å²) in [4.78, 5) is 0. The maximum Gasteiger partial charge on any atom is 0.175 e. The number of rotatable bonds is 5. The molecular weight excluding hydrogens is 270 g/mol. The summed E-state index contributed by atoms with van der Waals surface area (Å²) in [6.45, 7) is 2.95. The van der Waals surface area contributed by atoms with Gasteiger partial charge in [0, 0.05) is 6.54 Å². The molecule has 0 aliphatic rings. The van der Waals surface area contributed by atoms with Crippen LogP contribution in [0.2, 0.25) is 0 Å². The molecule has 1 aromatic carbocycles. The molecular formula is C12H16BrNO2. The Bertz CT molecular complexity index is 378. The van der Waals surface area contributed by atoms with Gasteiger partial charge in [0.15, 0.2) is 11.5 Å². The number of hydrogen-bond acceptors (Lipinski definition) is 3. The van der Waals surface area contributed by atoms with Crippen molar-refractivity contribution in [2.45, 2.75) is 13.5 Å². The highest BCUT2D eigenvalue weighted by Crippen LogP contribution is 2.36. The topological polar surface area (TPSA) is 44.5 Å². The van der Waals surface area contributed by atoms with Gasteiger partial charge >= 0.3 is 0 Å². The Morgan fingerprint density at radius 2 is 2.19 bits per heavy atom. The van der Waals surface area contributed by atoms with Gasteiger partial charge in [-0.3, -0.25) is 0 Å². The van der Waals surface area contributed by atoms with E-state index in [9.17, 15) is 0 Å². The van der Waals surface area contributed by atoms with Crippen molar-refractivity contribution in [1.82, 2.24) is 0 Å². The Hall–Kier alpha value is -1.00. The number of ether oxygens (including phenoxy) is 2. The highest BCUT2D eigenvalue weighted by Gasteiger charge is 2.10. The average molecular weight is 286 g/mol. The molecule has 0 saturated carbocycles. The summed E-state index contributed by atoms with van der Waals surface area (Å²) in [5.41, 5.74) is 6.59. The van der Waals surface area contributed by atoms with E-state index in [1.54, 1.807) is 7.11 Å². The zero-order valence-electron chi connectivity index (χ0n) is 9.50. The van der Waals surface area contributed by atoms with Crippen LogP contribution in [0.25, 0.3) is 0 Å². The lowest BCUT2D eigenvalue weighted by molar-refractivity contribution is 0.324. The van der Waals surface area contributed by atoms with E-state index in [0.717, 1.165) is 10.0 Å². The van der Waals surface area contributed by atoms with Crippen LogP contribution < -0.4 is 15.2 Å². The summed E-state index contributed by atoms with van der Waals surface area (Å²) in [5.74, 6) is 1.40. The van der Waals surface area contributed by atoms with E-state index in [-0.39, 0.29) is 0 Å². The van der Waals surface area contributed by atoms with E-state index in [1.807, 2.05) is 31.2 Å². The van der Waals surface area contributed by atoms with Crippen molar-refractivity contribution in [3.05, 3.63) is 34.3 Å². The van der Waals surface area contributed by atoms with E-state index in [0.29, 0.717) is 24.7 Å². The number of hydrogen-bond donors (Lipinski definition) is 1. The van der Waals surface area contributed by atoms with E-state index >= 15 is 0 Å². The number of halogens is 1. The minimum atomic E-state index is 0.476. The Kier molecular flexibility index (Phi) is 5.35. The van der Waals surface area contributed by atoms with Crippen LogP contribution in [0, 0.1) is 0 Å². The summed E-state index contributed by atoms with van der Waals surface area (Å²) in [6.07, 6.45) is 3.87. The molecule has 4 heteroatoms. The summed E-state index contributed by atoms with van der Waals surface area (Å²) in [5, 5.41) is 0. The Morgan fingerprint density at radius 1 is 1.44 bits per heavy atom. The molecule has 0 aliphatic heterocycles. The quantitative estimate of drug-likeness (QED) is 0.846. The zero-order valence-corrected chi connectivity index (χ0v) is 11.1. The molecule has 0 fully saturated rings. The maximum atomic E-state index is 5.60. The van der Waals surface area contributed by atoms with Crippen LogP contribution in [-0.4, -0.2) is 13.7 Å². The molecule has 3 nitrogen and oxygen atoms in total. The molecule has 0 aromatic heterocycles. The molecule has 16 heavy (non-hydrogen) atoms. The van der Waals surface area contributed by atoms with Gasteiger partial charge in [0.2, 0.25) is 0 Å². The highest BCUT2D eigenvalue weighted by atomic mass is 79.9. The van der Waals surface area contributed by atoms with E-state index in [2.05, 4.69) is 15.9 Å². The standard InChI is InChI=1S/C12H16BrNO2/c1-3-4-5-16-12-10(13)6-9(8-14)7-11(12)15-2/h3-4,6-7H,5,8,14H2,1-2H3/b4-3+. The molecule has 1 rings (SSSR count). The predicted octanol–water partition coefficient (Wildman–Crippen LogP) is 2.87. The summed E-state index contributed by atoms with van der Waals surface area (Å²) < 4.78 is 11.7. The van der Waals surface area contributed by atoms with Crippen LogP contribution in [0.4, 0.5) is 0 Å². The third kappa shape index (κ3) is 3.25. The number of nitrogens with two attached hydrogens (primary N) is 1. The van der Waals surface area contributed by atoms with Crippen LogP contribution in [0.3, 0.4) is 0 Å². The fourth-order valence-electron chi connectivity index (χ4n) is 1.26. The van der Waals surface area contributed by atoms with Gasteiger partial charge in [-0.15, -0.1) is 0 Å². The zero-order chi connectivity index (χ0) is 12.0. The average Bonchev–Trinajstić information content (AvgIpc) is 2.30. The van der Waals surface area contributed by atoms with Crippen molar-refractivity contribution in [2.75, 3.05) is 13.7 Å². The van der Waals surface area contributed by atoms with Crippen molar-refractivity contribution < 1.29 is 9.47 Å². The molecule has 0 saturated heterocycles. The van der Waals surface area contributed by atoms with Gasteiger partial charge in [-0.25, -0.2) is 0 Å². The van der Waals surface area contributed by atoms with E-state index < -0.39 is 0 Å². The first-order valence-electron chi connectivity index (χ1n) is 5.03. The Morgan fingerprint density at radius 3 is 2.75 bits per heavy atom. The summed E-state index contributed by atoms with van der Waals surface area (Å²) >= 11 is 3.45. The fourth-order valence-corrected chi connectivity index (χ4v) is 1.86. The second kappa shape index (κ2) is 6.55. The molecule has 0 radical (unpaired) electrons. The number of benzene rings is 1. The van der Waals surface area contributed by atoms with Gasteiger partial charge in [-0.1, -0.05) is 12.2 Å². The van der Waals surface area contributed by atoms with Crippen molar-refractivity contribution in [2.24, 2.45) is 5.73 Å². The van der Waals surface area contributed by atoms with Crippen LogP contribution in [-0.2, 0) is 6.54 Å². The van der Waals surface area contributed by atoms with Crippen LogP contribution >= 0.6 is 15.9 Å². The summed E-state index contributed by atoms with van der Waals surface area (Å²) in [7, 11) is 1.62. The van der Waals surface area contributed by atoms with Gasteiger partial charge in [0.05, 0.1) is 11.6 Å². The van der Waals surface area contributed by atoms with Crippen molar-refractivity contribution in [3.8, 4) is 11.5 Å². The van der Waals surface area contributed by atoms with Gasteiger partial charge in [0.1, 0.15) is 6.61 Å². The number of allylic oxidation sites excluding steroid dienone is 1. The smallest absolute Gasteiger partial charge is 0.175 e. The van der Waals surface area contributed by atoms with Crippen LogP contribution in [0.5, 0.6) is 11.5 Å². The lowest BCUT2D eigenvalue weighted by Crippen LogP contribution is -2.01. The normalized spacial score (nSPS) is 10.8. The maximum absolute atomic E-state index is 5.60. The fraction of sp³-hybridized carbons (Fsp3) is 0.333. The molecule has 0 atom stereocenters. The minimum Gasteiger partial charge on any atom is -0.493 e. The second-order valence-corrected chi connectivity index (χ2v) is 4.05. The molecule has 88 valence electrons. The van der Waals surface area contributed by atoms with Crippen molar-refractivity contribution >= 4 is 15.9 Å². The Balaban J connectivity index is 2.96. The molecule has 0 unspecified atom stereocenters. The van der Waals surface area contributed by atoms with Gasteiger partial charge < -0.3 is 15.2 Å². The largest absolute Gasteiger partial charge is 0.493 e. The van der Waals surface area contributed by atoms with Crippen molar-refractivity contribution in [3.63, 3.8) is 0 Å². The minimum absolute atomic E-state index is 0.476. The second-order valence-electron chi connectivity index (χ2n) is 3.19. The first kappa shape index (κ1) is 13.1. The van der Waals surface area contributed by atoms with Gasteiger partial charge in [-0.2, -0.15) is 0 Å². The molecule has 1 aromatic rings. The molecule has 0 amide bonds.